The van der Waals surface area contributed by atoms with Gasteiger partial charge in [0.25, 0.3) is 5.69 Å². The zero-order valence-corrected chi connectivity index (χ0v) is 14.9. The van der Waals surface area contributed by atoms with Gasteiger partial charge in [0.05, 0.1) is 4.92 Å². The average Bonchev–Trinajstić information content (AvgIpc) is 2.68. The highest BCUT2D eigenvalue weighted by Gasteiger charge is 2.37. The third-order valence-corrected chi connectivity index (χ3v) is 6.16. The monoisotopic (exact) mass is 336 g/mol. The molecule has 0 N–H and O–H groups in total. The lowest BCUT2D eigenvalue weighted by Gasteiger charge is -2.42. The quantitative estimate of drug-likeness (QED) is 0.492. The number of nitro benzene ring substituents is 1. The van der Waals surface area contributed by atoms with E-state index in [1.807, 2.05) is 12.1 Å². The lowest BCUT2D eigenvalue weighted by atomic mass is 9.63. The van der Waals surface area contributed by atoms with E-state index in [-0.39, 0.29) is 16.0 Å². The molecule has 3 heteroatoms. The number of hydrogen-bond donors (Lipinski definition) is 0. The maximum atomic E-state index is 10.8. The van der Waals surface area contributed by atoms with E-state index in [9.17, 15) is 10.1 Å². The molecule has 0 aliphatic heterocycles. The maximum absolute atomic E-state index is 10.8. The van der Waals surface area contributed by atoms with Gasteiger partial charge in [-0.15, -0.1) is 0 Å². The second-order valence-corrected chi connectivity index (χ2v) is 7.43. The van der Waals surface area contributed by atoms with Gasteiger partial charge in [0, 0.05) is 12.1 Å². The van der Waals surface area contributed by atoms with Gasteiger partial charge in [-0.3, -0.25) is 10.1 Å². The van der Waals surface area contributed by atoms with Gasteiger partial charge >= 0.3 is 0 Å². The molecule has 2 aromatic rings. The summed E-state index contributed by atoms with van der Waals surface area (Å²) in [6.07, 6.45) is 5.56. The predicted octanol–water partition coefficient (Wildman–Crippen LogP) is 6.05. The number of rotatable bonds is 5. The molecule has 1 saturated carbocycles. The molecular formula is C22H26NO2. The van der Waals surface area contributed by atoms with Crippen LogP contribution >= 0.6 is 0 Å². The Hall–Kier alpha value is -2.16. The van der Waals surface area contributed by atoms with Gasteiger partial charge in [0.2, 0.25) is 0 Å². The highest BCUT2D eigenvalue weighted by atomic mass is 16.6. The minimum Gasteiger partial charge on any atom is -0.258 e. The topological polar surface area (TPSA) is 43.1 Å². The van der Waals surface area contributed by atoms with E-state index in [1.54, 1.807) is 12.1 Å². The number of hydrogen-bond acceptors (Lipinski definition) is 2. The Morgan fingerprint density at radius 3 is 2.16 bits per heavy atom. The molecule has 0 saturated heterocycles. The van der Waals surface area contributed by atoms with Crippen LogP contribution in [-0.2, 0) is 5.41 Å². The summed E-state index contributed by atoms with van der Waals surface area (Å²) in [5, 5.41) is 10.8. The van der Waals surface area contributed by atoms with Crippen LogP contribution in [0.4, 0.5) is 5.69 Å². The predicted molar refractivity (Wildman–Crippen MR) is 102 cm³/mol. The third-order valence-electron chi connectivity index (χ3n) is 6.16. The van der Waals surface area contributed by atoms with Gasteiger partial charge in [-0.05, 0) is 60.5 Å². The number of nitro groups is 1. The summed E-state index contributed by atoms with van der Waals surface area (Å²) < 4.78 is 0. The Kier molecular flexibility index (Phi) is 5.22. The van der Waals surface area contributed by atoms with Crippen molar-refractivity contribution in [2.24, 2.45) is 5.92 Å². The molecule has 0 spiro atoms. The van der Waals surface area contributed by atoms with Crippen molar-refractivity contribution in [3.63, 3.8) is 0 Å². The van der Waals surface area contributed by atoms with E-state index in [2.05, 4.69) is 44.2 Å². The van der Waals surface area contributed by atoms with Crippen molar-refractivity contribution in [3.05, 3.63) is 82.8 Å². The van der Waals surface area contributed by atoms with Gasteiger partial charge in [-0.25, -0.2) is 0 Å². The first-order valence-corrected chi connectivity index (χ1v) is 9.13. The molecule has 2 aromatic carbocycles. The zero-order valence-electron chi connectivity index (χ0n) is 14.9. The smallest absolute Gasteiger partial charge is 0.258 e. The molecule has 131 valence electrons. The summed E-state index contributed by atoms with van der Waals surface area (Å²) in [6, 6.07) is 17.9. The first kappa shape index (κ1) is 17.7. The molecule has 3 nitrogen and oxygen atoms in total. The Morgan fingerprint density at radius 1 is 1.04 bits per heavy atom. The van der Waals surface area contributed by atoms with Crippen LogP contribution in [-0.4, -0.2) is 4.92 Å². The minimum absolute atomic E-state index is 0.127. The fraction of sp³-hybridized carbons (Fsp3) is 0.409. The Bertz CT molecular complexity index is 703. The van der Waals surface area contributed by atoms with Crippen molar-refractivity contribution >= 4 is 5.69 Å². The highest BCUT2D eigenvalue weighted by molar-refractivity contribution is 5.35. The van der Waals surface area contributed by atoms with Crippen molar-refractivity contribution in [3.8, 4) is 0 Å². The zero-order chi connectivity index (χ0) is 17.9. The lowest BCUT2D eigenvalue weighted by molar-refractivity contribution is -0.384. The largest absolute Gasteiger partial charge is 0.269 e. The van der Waals surface area contributed by atoms with Crippen molar-refractivity contribution in [1.29, 1.82) is 0 Å². The van der Waals surface area contributed by atoms with E-state index in [0.717, 1.165) is 19.3 Å². The van der Waals surface area contributed by atoms with Crippen LogP contribution in [0.25, 0.3) is 0 Å². The SMILES string of the molecule is [CH2]CC(C)(c1ccccc1)C1CCC(c2ccc([N+](=O)[O-])cc2)CC1. The van der Waals surface area contributed by atoms with Crippen LogP contribution in [0, 0.1) is 23.0 Å². The van der Waals surface area contributed by atoms with Crippen LogP contribution in [0.2, 0.25) is 0 Å². The van der Waals surface area contributed by atoms with Gasteiger partial charge in [0.1, 0.15) is 0 Å². The van der Waals surface area contributed by atoms with E-state index < -0.39 is 0 Å². The molecule has 0 aromatic heterocycles. The van der Waals surface area contributed by atoms with E-state index in [0.29, 0.717) is 11.8 Å². The molecule has 1 fully saturated rings. The number of nitrogens with zero attached hydrogens (tertiary/aromatic N) is 1. The van der Waals surface area contributed by atoms with Crippen LogP contribution in [0.15, 0.2) is 54.6 Å². The number of non-ortho nitro benzene ring substituents is 1. The summed E-state index contributed by atoms with van der Waals surface area (Å²) in [5.74, 6) is 1.16. The fourth-order valence-electron chi connectivity index (χ4n) is 4.34. The van der Waals surface area contributed by atoms with Crippen molar-refractivity contribution in [2.75, 3.05) is 0 Å². The van der Waals surface area contributed by atoms with Crippen LogP contribution < -0.4 is 0 Å². The summed E-state index contributed by atoms with van der Waals surface area (Å²) in [7, 11) is 0. The lowest BCUT2D eigenvalue weighted by Crippen LogP contribution is -2.34. The van der Waals surface area contributed by atoms with Crippen molar-refractivity contribution < 1.29 is 4.92 Å². The van der Waals surface area contributed by atoms with E-state index >= 15 is 0 Å². The Labute approximate surface area is 150 Å². The van der Waals surface area contributed by atoms with Crippen molar-refractivity contribution in [1.82, 2.24) is 0 Å². The molecule has 0 bridgehead atoms. The Morgan fingerprint density at radius 2 is 1.64 bits per heavy atom. The molecule has 0 heterocycles. The van der Waals surface area contributed by atoms with Crippen molar-refractivity contribution in [2.45, 2.75) is 50.4 Å². The molecule has 1 radical (unpaired) electrons. The van der Waals surface area contributed by atoms with Gasteiger partial charge < -0.3 is 0 Å². The first-order chi connectivity index (χ1) is 12.0. The fourth-order valence-corrected chi connectivity index (χ4v) is 4.34. The summed E-state index contributed by atoms with van der Waals surface area (Å²) in [4.78, 5) is 10.5. The normalized spacial score (nSPS) is 23.0. The second-order valence-electron chi connectivity index (χ2n) is 7.43. The molecule has 1 aliphatic carbocycles. The summed E-state index contributed by atoms with van der Waals surface area (Å²) in [6.45, 7) is 6.60. The molecule has 25 heavy (non-hydrogen) atoms. The highest BCUT2D eigenvalue weighted by Crippen LogP contribution is 2.46. The third kappa shape index (κ3) is 3.60. The number of benzene rings is 2. The average molecular weight is 336 g/mol. The van der Waals surface area contributed by atoms with Crippen LogP contribution in [0.5, 0.6) is 0 Å². The second kappa shape index (κ2) is 7.38. The first-order valence-electron chi connectivity index (χ1n) is 9.13. The van der Waals surface area contributed by atoms with Gasteiger partial charge in [-0.2, -0.15) is 0 Å². The molecule has 1 atom stereocenters. The molecular weight excluding hydrogens is 310 g/mol. The molecule has 1 aliphatic rings. The molecule has 0 amide bonds. The summed E-state index contributed by atoms with van der Waals surface area (Å²) >= 11 is 0. The Balaban J connectivity index is 1.69. The van der Waals surface area contributed by atoms with Gasteiger partial charge in [0.15, 0.2) is 0 Å². The molecule has 1 unspecified atom stereocenters. The molecule has 3 rings (SSSR count). The van der Waals surface area contributed by atoms with E-state index in [4.69, 9.17) is 0 Å². The van der Waals surface area contributed by atoms with Crippen LogP contribution in [0.1, 0.15) is 56.1 Å². The van der Waals surface area contributed by atoms with Gasteiger partial charge in [-0.1, -0.05) is 56.3 Å². The van der Waals surface area contributed by atoms with E-state index in [1.165, 1.54) is 24.0 Å². The maximum Gasteiger partial charge on any atom is 0.269 e. The summed E-state index contributed by atoms with van der Waals surface area (Å²) in [5.41, 5.74) is 2.93. The standard InChI is InChI=1S/C22H26NO2/c1-3-22(2,19-7-5-4-6-8-19)20-13-9-17(10-14-20)18-11-15-21(16-12-18)23(24)25/h4-8,11-12,15-17,20H,1,3,9-10,13-14H2,2H3. The minimum atomic E-state index is -0.333. The van der Waals surface area contributed by atoms with Crippen LogP contribution in [0.3, 0.4) is 0 Å².